The number of hydrogen-bond acceptors (Lipinski definition) is 4. The van der Waals surface area contributed by atoms with Crippen molar-refractivity contribution < 1.29 is 0 Å². The molecule has 0 bridgehead atoms. The summed E-state index contributed by atoms with van der Waals surface area (Å²) in [5.74, 6) is 0. The highest BCUT2D eigenvalue weighted by Crippen LogP contribution is 2.18. The predicted octanol–water partition coefficient (Wildman–Crippen LogP) is 3.44. The second-order valence-electron chi connectivity index (χ2n) is 4.13. The van der Waals surface area contributed by atoms with Gasteiger partial charge in [0.1, 0.15) is 5.01 Å². The van der Waals surface area contributed by atoms with Crippen LogP contribution in [0.25, 0.3) is 0 Å². The lowest BCUT2D eigenvalue weighted by Crippen LogP contribution is -1.98. The van der Waals surface area contributed by atoms with Crippen LogP contribution in [0.3, 0.4) is 0 Å². The average molecular weight is 257 g/mol. The Bertz CT molecular complexity index is 544. The topological polar surface area (TPSA) is 48.7 Å². The van der Waals surface area contributed by atoms with Crippen molar-refractivity contribution in [1.29, 1.82) is 5.26 Å². The molecular formula is C14H15N3S. The number of rotatable bonds is 4. The molecule has 0 atom stereocenters. The molecule has 0 saturated carbocycles. The summed E-state index contributed by atoms with van der Waals surface area (Å²) in [5.41, 5.74) is 3.22. The molecule has 0 aliphatic heterocycles. The molecule has 0 saturated heterocycles. The van der Waals surface area contributed by atoms with E-state index in [-0.39, 0.29) is 0 Å². The lowest BCUT2D eigenvalue weighted by Gasteiger charge is -2.04. The van der Waals surface area contributed by atoms with Crippen LogP contribution in [0.15, 0.2) is 24.3 Å². The second kappa shape index (κ2) is 5.65. The molecule has 18 heavy (non-hydrogen) atoms. The lowest BCUT2D eigenvalue weighted by atomic mass is 10.1. The Hall–Kier alpha value is -1.86. The van der Waals surface area contributed by atoms with Crippen molar-refractivity contribution in [2.75, 3.05) is 5.32 Å². The molecule has 1 aromatic carbocycles. The maximum atomic E-state index is 8.60. The van der Waals surface area contributed by atoms with Crippen molar-refractivity contribution >= 4 is 17.0 Å². The van der Waals surface area contributed by atoms with E-state index in [4.69, 9.17) is 5.26 Å². The first kappa shape index (κ1) is 12.6. The van der Waals surface area contributed by atoms with Gasteiger partial charge in [-0.05, 0) is 31.5 Å². The van der Waals surface area contributed by atoms with E-state index in [0.29, 0.717) is 6.42 Å². The normalized spacial score (nSPS) is 10.1. The molecule has 92 valence electrons. The van der Waals surface area contributed by atoms with Gasteiger partial charge in [-0.2, -0.15) is 5.26 Å². The third kappa shape index (κ3) is 3.08. The zero-order valence-electron chi connectivity index (χ0n) is 10.5. The van der Waals surface area contributed by atoms with Gasteiger partial charge in [-0.3, -0.25) is 0 Å². The van der Waals surface area contributed by atoms with Gasteiger partial charge in [-0.1, -0.05) is 12.1 Å². The Morgan fingerprint density at radius 2 is 2.00 bits per heavy atom. The summed E-state index contributed by atoms with van der Waals surface area (Å²) in [6.07, 6.45) is 0.463. The van der Waals surface area contributed by atoms with Gasteiger partial charge in [0.25, 0.3) is 0 Å². The fraction of sp³-hybridized carbons (Fsp3) is 0.286. The molecular weight excluding hydrogens is 242 g/mol. The van der Waals surface area contributed by atoms with Gasteiger partial charge >= 0.3 is 0 Å². The Balaban J connectivity index is 1.96. The minimum Gasteiger partial charge on any atom is -0.379 e. The van der Waals surface area contributed by atoms with Gasteiger partial charge in [0, 0.05) is 10.6 Å². The fourth-order valence-corrected chi connectivity index (χ4v) is 2.50. The van der Waals surface area contributed by atoms with Gasteiger partial charge in [-0.25, -0.2) is 4.98 Å². The first-order valence-corrected chi connectivity index (χ1v) is 6.63. The molecule has 0 aliphatic carbocycles. The number of nitrogens with one attached hydrogen (secondary N) is 1. The van der Waals surface area contributed by atoms with E-state index < -0.39 is 0 Å². The fourth-order valence-electron chi connectivity index (χ4n) is 1.62. The number of hydrogen-bond donors (Lipinski definition) is 1. The van der Waals surface area contributed by atoms with E-state index >= 15 is 0 Å². The lowest BCUT2D eigenvalue weighted by molar-refractivity contribution is 1.07. The van der Waals surface area contributed by atoms with E-state index in [0.717, 1.165) is 28.5 Å². The van der Waals surface area contributed by atoms with Gasteiger partial charge in [0.15, 0.2) is 0 Å². The number of thiazole rings is 1. The maximum absolute atomic E-state index is 8.60. The first-order valence-electron chi connectivity index (χ1n) is 5.81. The standard InChI is InChI=1S/C14H15N3S/c1-10-11(2)18-14(17-10)9-16-13-5-3-12(4-6-13)7-8-15/h3-6,16H,7,9H2,1-2H3. The molecule has 0 amide bonds. The smallest absolute Gasteiger partial charge is 0.112 e. The van der Waals surface area contributed by atoms with Crippen LogP contribution in [-0.2, 0) is 13.0 Å². The molecule has 1 heterocycles. The van der Waals surface area contributed by atoms with Crippen molar-refractivity contribution in [1.82, 2.24) is 4.98 Å². The summed E-state index contributed by atoms with van der Waals surface area (Å²) < 4.78 is 0. The SMILES string of the molecule is Cc1nc(CNc2ccc(CC#N)cc2)sc1C. The van der Waals surface area contributed by atoms with Crippen molar-refractivity contribution in [2.24, 2.45) is 0 Å². The number of anilines is 1. The molecule has 3 nitrogen and oxygen atoms in total. The molecule has 2 aromatic rings. The van der Waals surface area contributed by atoms with Crippen LogP contribution < -0.4 is 5.32 Å². The Morgan fingerprint density at radius 3 is 2.56 bits per heavy atom. The molecule has 0 aliphatic rings. The van der Waals surface area contributed by atoms with Crippen LogP contribution in [0, 0.1) is 25.2 Å². The van der Waals surface area contributed by atoms with Crippen molar-refractivity contribution in [3.05, 3.63) is 45.4 Å². The third-order valence-electron chi connectivity index (χ3n) is 2.75. The number of aromatic nitrogens is 1. The molecule has 0 spiro atoms. The predicted molar refractivity (Wildman–Crippen MR) is 74.7 cm³/mol. The van der Waals surface area contributed by atoms with Crippen LogP contribution >= 0.6 is 11.3 Å². The average Bonchev–Trinajstić information content (AvgIpc) is 2.68. The maximum Gasteiger partial charge on any atom is 0.112 e. The van der Waals surface area contributed by atoms with Crippen LogP contribution in [0.2, 0.25) is 0 Å². The largest absolute Gasteiger partial charge is 0.379 e. The van der Waals surface area contributed by atoms with Gasteiger partial charge in [0.05, 0.1) is 24.7 Å². The number of nitrogens with zero attached hydrogens (tertiary/aromatic N) is 2. The Labute approximate surface area is 111 Å². The van der Waals surface area contributed by atoms with Crippen LogP contribution in [-0.4, -0.2) is 4.98 Å². The number of aryl methyl sites for hydroxylation is 2. The molecule has 1 N–H and O–H groups in total. The van der Waals surface area contributed by atoms with E-state index in [2.05, 4.69) is 23.3 Å². The molecule has 0 fully saturated rings. The zero-order chi connectivity index (χ0) is 13.0. The highest BCUT2D eigenvalue weighted by atomic mass is 32.1. The van der Waals surface area contributed by atoms with Crippen molar-refractivity contribution in [3.8, 4) is 6.07 Å². The number of benzene rings is 1. The van der Waals surface area contributed by atoms with E-state index in [1.165, 1.54) is 4.88 Å². The van der Waals surface area contributed by atoms with E-state index in [9.17, 15) is 0 Å². The summed E-state index contributed by atoms with van der Waals surface area (Å²) >= 11 is 1.73. The summed E-state index contributed by atoms with van der Waals surface area (Å²) in [7, 11) is 0. The molecule has 0 unspecified atom stereocenters. The highest BCUT2D eigenvalue weighted by molar-refractivity contribution is 7.11. The molecule has 4 heteroatoms. The number of nitriles is 1. The van der Waals surface area contributed by atoms with E-state index in [1.807, 2.05) is 31.2 Å². The monoisotopic (exact) mass is 257 g/mol. The van der Waals surface area contributed by atoms with Crippen molar-refractivity contribution in [2.45, 2.75) is 26.8 Å². The van der Waals surface area contributed by atoms with Gasteiger partial charge in [0.2, 0.25) is 0 Å². The van der Waals surface area contributed by atoms with E-state index in [1.54, 1.807) is 11.3 Å². The van der Waals surface area contributed by atoms with Gasteiger partial charge < -0.3 is 5.32 Å². The van der Waals surface area contributed by atoms with Crippen LogP contribution in [0.4, 0.5) is 5.69 Å². The molecule has 1 aromatic heterocycles. The summed E-state index contributed by atoms with van der Waals surface area (Å²) in [4.78, 5) is 5.76. The van der Waals surface area contributed by atoms with Crippen LogP contribution in [0.1, 0.15) is 21.1 Å². The second-order valence-corrected chi connectivity index (χ2v) is 5.42. The quantitative estimate of drug-likeness (QED) is 0.912. The summed E-state index contributed by atoms with van der Waals surface area (Å²) in [6, 6.07) is 10.1. The highest BCUT2D eigenvalue weighted by Gasteiger charge is 2.03. The van der Waals surface area contributed by atoms with Gasteiger partial charge in [-0.15, -0.1) is 11.3 Å². The summed E-state index contributed by atoms with van der Waals surface area (Å²) in [5, 5.41) is 13.0. The molecule has 2 rings (SSSR count). The minimum atomic E-state index is 0.463. The summed E-state index contributed by atoms with van der Waals surface area (Å²) in [6.45, 7) is 4.87. The Morgan fingerprint density at radius 1 is 1.28 bits per heavy atom. The van der Waals surface area contributed by atoms with Crippen LogP contribution in [0.5, 0.6) is 0 Å². The Kier molecular flexibility index (Phi) is 3.96. The third-order valence-corrected chi connectivity index (χ3v) is 3.83. The minimum absolute atomic E-state index is 0.463. The molecule has 0 radical (unpaired) electrons. The zero-order valence-corrected chi connectivity index (χ0v) is 11.3. The van der Waals surface area contributed by atoms with Crippen molar-refractivity contribution in [3.63, 3.8) is 0 Å². The first-order chi connectivity index (χ1) is 8.69.